The number of nitrogens with zero attached hydrogens (tertiary/aromatic N) is 3. The van der Waals surface area contributed by atoms with E-state index in [0.29, 0.717) is 37.4 Å². The van der Waals surface area contributed by atoms with Crippen LogP contribution in [0, 0.1) is 6.92 Å². The Morgan fingerprint density at radius 2 is 1.78 bits per heavy atom. The van der Waals surface area contributed by atoms with Crippen LogP contribution in [-0.4, -0.2) is 26.3 Å². The Morgan fingerprint density at radius 3 is 2.50 bits per heavy atom. The van der Waals surface area contributed by atoms with E-state index in [1.807, 2.05) is 48.5 Å². The molecule has 2 N–H and O–H groups in total. The number of carbonyl (C=O) groups is 2. The largest absolute Gasteiger partial charge is 0.325 e. The van der Waals surface area contributed by atoms with Gasteiger partial charge in [0.2, 0.25) is 5.91 Å². The van der Waals surface area contributed by atoms with Crippen LogP contribution in [-0.2, 0) is 11.3 Å². The van der Waals surface area contributed by atoms with Crippen LogP contribution in [0.3, 0.4) is 0 Å². The summed E-state index contributed by atoms with van der Waals surface area (Å²) in [6.45, 7) is 5.74. The number of amides is 2. The Balaban J connectivity index is 1.35. The lowest BCUT2D eigenvalue weighted by Crippen LogP contribution is -2.28. The number of hydrogen-bond donors (Lipinski definition) is 2. The third-order valence-corrected chi connectivity index (χ3v) is 7.96. The number of thiazole rings is 1. The Bertz CT molecular complexity index is 1630. The van der Waals surface area contributed by atoms with Gasteiger partial charge in [0.25, 0.3) is 11.5 Å². The molecule has 0 saturated heterocycles. The average molecular weight is 518 g/mol. The van der Waals surface area contributed by atoms with Gasteiger partial charge in [0.15, 0.2) is 5.13 Å². The third-order valence-electron chi connectivity index (χ3n) is 5.81. The lowest BCUT2D eigenvalue weighted by atomic mass is 10.0. The van der Waals surface area contributed by atoms with Crippen LogP contribution in [0.15, 0.2) is 59.7 Å². The van der Waals surface area contributed by atoms with Crippen molar-refractivity contribution in [3.05, 3.63) is 81.2 Å². The van der Waals surface area contributed by atoms with Gasteiger partial charge in [-0.05, 0) is 48.2 Å². The first-order chi connectivity index (χ1) is 17.3. The highest BCUT2D eigenvalue weighted by Gasteiger charge is 2.21. The molecule has 36 heavy (non-hydrogen) atoms. The van der Waals surface area contributed by atoms with Crippen LogP contribution in [0.2, 0.25) is 0 Å². The molecule has 2 amide bonds. The summed E-state index contributed by atoms with van der Waals surface area (Å²) in [6.07, 6.45) is 1.34. The van der Waals surface area contributed by atoms with Gasteiger partial charge in [0.05, 0.1) is 26.8 Å². The minimum absolute atomic E-state index is 0.184. The van der Waals surface area contributed by atoms with Crippen molar-refractivity contribution in [2.75, 3.05) is 10.6 Å². The quantitative estimate of drug-likeness (QED) is 0.314. The zero-order valence-electron chi connectivity index (χ0n) is 19.9. The highest BCUT2D eigenvalue weighted by atomic mass is 32.1. The highest BCUT2D eigenvalue weighted by molar-refractivity contribution is 7.23. The SMILES string of the molecule is Cc1c(C(=O)Nc2nc3ccccc3s2)sc2ncn(CC(=O)Nc3ccc(C(C)C)cc3)c(=O)c12. The molecule has 0 aliphatic rings. The van der Waals surface area contributed by atoms with Gasteiger partial charge in [-0.2, -0.15) is 0 Å². The number of rotatable bonds is 6. The van der Waals surface area contributed by atoms with Crippen LogP contribution >= 0.6 is 22.7 Å². The topological polar surface area (TPSA) is 106 Å². The van der Waals surface area contributed by atoms with Crippen molar-refractivity contribution in [1.29, 1.82) is 0 Å². The Morgan fingerprint density at radius 1 is 1.03 bits per heavy atom. The number of aryl methyl sites for hydroxylation is 1. The second kappa shape index (κ2) is 9.63. The first kappa shape index (κ1) is 23.8. The van der Waals surface area contributed by atoms with Crippen molar-refractivity contribution in [1.82, 2.24) is 14.5 Å². The van der Waals surface area contributed by atoms with Crippen molar-refractivity contribution in [3.63, 3.8) is 0 Å². The molecule has 0 atom stereocenters. The number of thiophene rings is 1. The molecule has 182 valence electrons. The summed E-state index contributed by atoms with van der Waals surface area (Å²) in [5.41, 5.74) is 2.81. The summed E-state index contributed by atoms with van der Waals surface area (Å²) in [5, 5.41) is 6.47. The zero-order chi connectivity index (χ0) is 25.4. The van der Waals surface area contributed by atoms with Gasteiger partial charge in [0.1, 0.15) is 11.4 Å². The minimum atomic E-state index is -0.363. The van der Waals surface area contributed by atoms with E-state index >= 15 is 0 Å². The predicted octanol–water partition coefficient (Wildman–Crippen LogP) is 5.39. The molecule has 5 aromatic rings. The average Bonchev–Trinajstić information content (AvgIpc) is 3.41. The molecule has 0 aliphatic heterocycles. The summed E-state index contributed by atoms with van der Waals surface area (Å²) in [7, 11) is 0. The van der Waals surface area contributed by atoms with Crippen molar-refractivity contribution >= 4 is 65.7 Å². The lowest BCUT2D eigenvalue weighted by Gasteiger charge is -2.09. The molecule has 0 fully saturated rings. The first-order valence-corrected chi connectivity index (χ1v) is 13.0. The molecule has 0 radical (unpaired) electrons. The van der Waals surface area contributed by atoms with Crippen LogP contribution in [0.1, 0.15) is 40.6 Å². The Labute approximate surface area is 214 Å². The number of para-hydroxylation sites is 1. The van der Waals surface area contributed by atoms with Crippen LogP contribution in [0.5, 0.6) is 0 Å². The second-order valence-electron chi connectivity index (χ2n) is 8.68. The van der Waals surface area contributed by atoms with E-state index in [9.17, 15) is 14.4 Å². The standard InChI is InChI=1S/C26H23N5O3S2/c1-14(2)16-8-10-17(11-9-16)28-20(32)12-31-13-27-24-21(25(31)34)15(3)22(36-24)23(33)30-26-29-18-6-4-5-7-19(18)35-26/h4-11,13-14H,12H2,1-3H3,(H,28,32)(H,29,30,33). The van der Waals surface area contributed by atoms with Crippen LogP contribution in [0.25, 0.3) is 20.4 Å². The maximum atomic E-state index is 13.2. The van der Waals surface area contributed by atoms with E-state index in [2.05, 4.69) is 34.4 Å². The minimum Gasteiger partial charge on any atom is -0.325 e. The lowest BCUT2D eigenvalue weighted by molar-refractivity contribution is -0.116. The smallest absolute Gasteiger partial charge is 0.267 e. The summed E-state index contributed by atoms with van der Waals surface area (Å²) < 4.78 is 2.23. The molecule has 0 saturated carbocycles. The molecule has 8 nitrogen and oxygen atoms in total. The molecule has 0 unspecified atom stereocenters. The summed E-state index contributed by atoms with van der Waals surface area (Å²) in [5.74, 6) is -0.284. The predicted molar refractivity (Wildman–Crippen MR) is 145 cm³/mol. The maximum Gasteiger partial charge on any atom is 0.267 e. The van der Waals surface area contributed by atoms with Gasteiger partial charge in [-0.3, -0.25) is 24.3 Å². The molecule has 0 spiro atoms. The summed E-state index contributed by atoms with van der Waals surface area (Å²) in [4.78, 5) is 48.4. The molecule has 3 aromatic heterocycles. The normalized spacial score (nSPS) is 11.3. The monoisotopic (exact) mass is 517 g/mol. The molecule has 0 bridgehead atoms. The second-order valence-corrected chi connectivity index (χ2v) is 10.7. The number of fused-ring (bicyclic) bond motifs is 2. The highest BCUT2D eigenvalue weighted by Crippen LogP contribution is 2.30. The van der Waals surface area contributed by atoms with Crippen LogP contribution < -0.4 is 16.2 Å². The van der Waals surface area contributed by atoms with E-state index in [1.54, 1.807) is 6.92 Å². The van der Waals surface area contributed by atoms with E-state index in [1.165, 1.54) is 27.8 Å². The molecule has 3 heterocycles. The fraction of sp³-hybridized carbons (Fsp3) is 0.192. The number of benzene rings is 2. The maximum absolute atomic E-state index is 13.2. The number of hydrogen-bond acceptors (Lipinski definition) is 7. The number of aromatic nitrogens is 3. The molecular weight excluding hydrogens is 494 g/mol. The van der Waals surface area contributed by atoms with Gasteiger partial charge >= 0.3 is 0 Å². The van der Waals surface area contributed by atoms with Gasteiger partial charge < -0.3 is 5.32 Å². The molecular formula is C26H23N5O3S2. The number of anilines is 2. The van der Waals surface area contributed by atoms with Crippen molar-refractivity contribution in [3.8, 4) is 0 Å². The Kier molecular flexibility index (Phi) is 6.38. The zero-order valence-corrected chi connectivity index (χ0v) is 21.5. The van der Waals surface area contributed by atoms with Crippen molar-refractivity contribution in [2.45, 2.75) is 33.2 Å². The van der Waals surface area contributed by atoms with Crippen molar-refractivity contribution < 1.29 is 9.59 Å². The van der Waals surface area contributed by atoms with E-state index < -0.39 is 0 Å². The third kappa shape index (κ3) is 4.65. The molecule has 0 aliphatic carbocycles. The van der Waals surface area contributed by atoms with Crippen molar-refractivity contribution in [2.24, 2.45) is 0 Å². The Hall–Kier alpha value is -3.89. The number of nitrogens with one attached hydrogen (secondary N) is 2. The van der Waals surface area contributed by atoms with E-state index in [0.717, 1.165) is 21.6 Å². The number of carbonyl (C=O) groups excluding carboxylic acids is 2. The van der Waals surface area contributed by atoms with Crippen LogP contribution in [0.4, 0.5) is 10.8 Å². The summed E-state index contributed by atoms with van der Waals surface area (Å²) >= 11 is 2.53. The molecule has 5 rings (SSSR count). The first-order valence-electron chi connectivity index (χ1n) is 11.4. The molecule has 10 heteroatoms. The van der Waals surface area contributed by atoms with Gasteiger partial charge in [0, 0.05) is 5.69 Å². The summed E-state index contributed by atoms with van der Waals surface area (Å²) in [6, 6.07) is 15.3. The molecule has 2 aromatic carbocycles. The fourth-order valence-corrected chi connectivity index (χ4v) is 5.77. The fourth-order valence-electron chi connectivity index (χ4n) is 3.87. The van der Waals surface area contributed by atoms with Gasteiger partial charge in [-0.1, -0.05) is 49.4 Å². The van der Waals surface area contributed by atoms with Gasteiger partial charge in [-0.25, -0.2) is 9.97 Å². The van der Waals surface area contributed by atoms with E-state index in [4.69, 9.17) is 0 Å². The van der Waals surface area contributed by atoms with E-state index in [-0.39, 0.29) is 23.9 Å². The van der Waals surface area contributed by atoms with Gasteiger partial charge in [-0.15, -0.1) is 11.3 Å².